The van der Waals surface area contributed by atoms with Gasteiger partial charge in [-0.25, -0.2) is 9.97 Å². The van der Waals surface area contributed by atoms with Gasteiger partial charge in [-0.3, -0.25) is 4.98 Å². The summed E-state index contributed by atoms with van der Waals surface area (Å²) >= 11 is 0. The monoisotopic (exact) mass is 391 g/mol. The van der Waals surface area contributed by atoms with Crippen molar-refractivity contribution in [3.63, 3.8) is 0 Å². The second-order valence-corrected chi connectivity index (χ2v) is 7.77. The highest BCUT2D eigenvalue weighted by molar-refractivity contribution is 5.53. The Balaban J connectivity index is 1.42. The second kappa shape index (κ2) is 7.87. The first-order chi connectivity index (χ1) is 14.3. The van der Waals surface area contributed by atoms with Crippen LogP contribution in [0.2, 0.25) is 0 Å². The SMILES string of the molecule is Cc1nc(C2CCNCC2)cc(N2CCC[C@@H]2c2nc(-c3ccncc3)no2)n1. The van der Waals surface area contributed by atoms with E-state index in [4.69, 9.17) is 14.5 Å². The highest BCUT2D eigenvalue weighted by Crippen LogP contribution is 2.36. The van der Waals surface area contributed by atoms with Crippen LogP contribution in [0.3, 0.4) is 0 Å². The lowest BCUT2D eigenvalue weighted by atomic mass is 9.94. The van der Waals surface area contributed by atoms with Crippen LogP contribution in [-0.2, 0) is 0 Å². The second-order valence-electron chi connectivity index (χ2n) is 7.77. The smallest absolute Gasteiger partial charge is 0.249 e. The van der Waals surface area contributed by atoms with E-state index in [2.05, 4.69) is 31.4 Å². The van der Waals surface area contributed by atoms with Crippen molar-refractivity contribution >= 4 is 5.82 Å². The molecule has 2 aliphatic rings. The third-order valence-electron chi connectivity index (χ3n) is 5.81. The molecule has 5 heterocycles. The summed E-state index contributed by atoms with van der Waals surface area (Å²) in [4.78, 5) is 20.5. The molecule has 5 rings (SSSR count). The van der Waals surface area contributed by atoms with Gasteiger partial charge in [-0.2, -0.15) is 4.98 Å². The number of nitrogens with one attached hydrogen (secondary N) is 1. The van der Waals surface area contributed by atoms with Crippen molar-refractivity contribution in [2.75, 3.05) is 24.5 Å². The van der Waals surface area contributed by atoms with E-state index in [-0.39, 0.29) is 6.04 Å². The van der Waals surface area contributed by atoms with Crippen LogP contribution >= 0.6 is 0 Å². The fraction of sp³-hybridized carbons (Fsp3) is 0.476. The van der Waals surface area contributed by atoms with E-state index in [1.54, 1.807) is 12.4 Å². The van der Waals surface area contributed by atoms with E-state index >= 15 is 0 Å². The highest BCUT2D eigenvalue weighted by Gasteiger charge is 2.32. The van der Waals surface area contributed by atoms with E-state index in [0.717, 1.165) is 68.2 Å². The number of piperidine rings is 1. The fourth-order valence-corrected chi connectivity index (χ4v) is 4.33. The van der Waals surface area contributed by atoms with Crippen molar-refractivity contribution in [1.29, 1.82) is 0 Å². The number of hydrogen-bond donors (Lipinski definition) is 1. The summed E-state index contributed by atoms with van der Waals surface area (Å²) in [6, 6.07) is 6.00. The van der Waals surface area contributed by atoms with E-state index in [1.165, 1.54) is 0 Å². The Kier molecular flexibility index (Phi) is 4.93. The van der Waals surface area contributed by atoms with Crippen LogP contribution in [0.4, 0.5) is 5.82 Å². The van der Waals surface area contributed by atoms with Gasteiger partial charge in [0.25, 0.3) is 0 Å². The predicted molar refractivity (Wildman–Crippen MR) is 108 cm³/mol. The maximum atomic E-state index is 5.66. The molecule has 2 fully saturated rings. The minimum absolute atomic E-state index is 0.0493. The number of hydrogen-bond acceptors (Lipinski definition) is 8. The number of aromatic nitrogens is 5. The minimum atomic E-state index is 0.0493. The molecule has 1 N–H and O–H groups in total. The Morgan fingerprint density at radius 2 is 1.90 bits per heavy atom. The summed E-state index contributed by atoms with van der Waals surface area (Å²) in [6.45, 7) is 5.01. The van der Waals surface area contributed by atoms with Crippen LogP contribution in [-0.4, -0.2) is 44.7 Å². The first-order valence-corrected chi connectivity index (χ1v) is 10.3. The molecule has 2 aliphatic heterocycles. The maximum absolute atomic E-state index is 5.66. The molecule has 1 atom stereocenters. The lowest BCUT2D eigenvalue weighted by Crippen LogP contribution is -2.28. The van der Waals surface area contributed by atoms with Gasteiger partial charge in [0, 0.05) is 42.2 Å². The fourth-order valence-electron chi connectivity index (χ4n) is 4.33. The summed E-state index contributed by atoms with van der Waals surface area (Å²) in [7, 11) is 0. The summed E-state index contributed by atoms with van der Waals surface area (Å²) in [5.74, 6) is 3.54. The lowest BCUT2D eigenvalue weighted by Gasteiger charge is -2.26. The number of pyridine rings is 1. The standard InChI is InChI=1S/C21H25N7O/c1-14-24-17(15-4-8-22-9-5-15)13-19(25-14)28-12-2-3-18(28)21-26-20(27-29-21)16-6-10-23-11-7-16/h6-7,10-11,13,15,18,22H,2-5,8-9,12H2,1H3/t18-/m1/s1. The van der Waals surface area contributed by atoms with Crippen LogP contribution in [0.15, 0.2) is 35.1 Å². The van der Waals surface area contributed by atoms with Crippen LogP contribution < -0.4 is 10.2 Å². The van der Waals surface area contributed by atoms with Gasteiger partial charge in [0.15, 0.2) is 0 Å². The number of aryl methyl sites for hydroxylation is 1. The van der Waals surface area contributed by atoms with Crippen LogP contribution in [0.5, 0.6) is 0 Å². The van der Waals surface area contributed by atoms with Crippen molar-refractivity contribution in [3.05, 3.63) is 48.0 Å². The molecule has 8 nitrogen and oxygen atoms in total. The maximum Gasteiger partial charge on any atom is 0.249 e. The summed E-state index contributed by atoms with van der Waals surface area (Å²) in [5.41, 5.74) is 2.06. The molecule has 0 radical (unpaired) electrons. The molecule has 2 saturated heterocycles. The average molecular weight is 391 g/mol. The molecule has 3 aromatic rings. The van der Waals surface area contributed by atoms with Crippen molar-refractivity contribution in [1.82, 2.24) is 30.4 Å². The first-order valence-electron chi connectivity index (χ1n) is 10.3. The predicted octanol–water partition coefficient (Wildman–Crippen LogP) is 3.04. The zero-order valence-corrected chi connectivity index (χ0v) is 16.6. The van der Waals surface area contributed by atoms with Gasteiger partial charge in [0.05, 0.1) is 0 Å². The summed E-state index contributed by atoms with van der Waals surface area (Å²) < 4.78 is 5.66. The van der Waals surface area contributed by atoms with E-state index in [1.807, 2.05) is 19.1 Å². The topological polar surface area (TPSA) is 92.9 Å². The first kappa shape index (κ1) is 18.2. The van der Waals surface area contributed by atoms with Gasteiger partial charge >= 0.3 is 0 Å². The minimum Gasteiger partial charge on any atom is -0.344 e. The Morgan fingerprint density at radius 3 is 2.72 bits per heavy atom. The molecule has 3 aromatic heterocycles. The number of nitrogens with zero attached hydrogens (tertiary/aromatic N) is 6. The van der Waals surface area contributed by atoms with Crippen molar-refractivity contribution in [2.24, 2.45) is 0 Å². The van der Waals surface area contributed by atoms with Gasteiger partial charge in [-0.1, -0.05) is 5.16 Å². The summed E-state index contributed by atoms with van der Waals surface area (Å²) in [5, 5.41) is 7.62. The van der Waals surface area contributed by atoms with Gasteiger partial charge in [-0.15, -0.1) is 0 Å². The Morgan fingerprint density at radius 1 is 1.07 bits per heavy atom. The largest absolute Gasteiger partial charge is 0.344 e. The van der Waals surface area contributed by atoms with Gasteiger partial charge in [-0.05, 0) is 57.8 Å². The highest BCUT2D eigenvalue weighted by atomic mass is 16.5. The molecule has 0 aromatic carbocycles. The van der Waals surface area contributed by atoms with Crippen molar-refractivity contribution in [2.45, 2.75) is 44.6 Å². The van der Waals surface area contributed by atoms with E-state index in [9.17, 15) is 0 Å². The third-order valence-corrected chi connectivity index (χ3v) is 5.81. The molecule has 0 amide bonds. The molecular weight excluding hydrogens is 366 g/mol. The van der Waals surface area contributed by atoms with Crippen LogP contribution in [0, 0.1) is 6.92 Å². The molecule has 0 unspecified atom stereocenters. The van der Waals surface area contributed by atoms with Gasteiger partial charge < -0.3 is 14.7 Å². The van der Waals surface area contributed by atoms with Gasteiger partial charge in [0.2, 0.25) is 11.7 Å². The summed E-state index contributed by atoms with van der Waals surface area (Å²) in [6.07, 6.45) is 7.77. The Bertz CT molecular complexity index is 968. The quantitative estimate of drug-likeness (QED) is 0.725. The third kappa shape index (κ3) is 3.72. The molecule has 0 spiro atoms. The lowest BCUT2D eigenvalue weighted by molar-refractivity contribution is 0.354. The van der Waals surface area contributed by atoms with Crippen molar-refractivity contribution in [3.8, 4) is 11.4 Å². The molecule has 150 valence electrons. The zero-order valence-electron chi connectivity index (χ0n) is 16.6. The average Bonchev–Trinajstić information content (AvgIpc) is 3.44. The Labute approximate surface area is 169 Å². The number of anilines is 1. The van der Waals surface area contributed by atoms with Crippen molar-refractivity contribution < 1.29 is 4.52 Å². The zero-order chi connectivity index (χ0) is 19.6. The molecule has 0 aliphatic carbocycles. The van der Waals surface area contributed by atoms with Gasteiger partial charge in [0.1, 0.15) is 17.7 Å². The van der Waals surface area contributed by atoms with Crippen LogP contribution in [0.1, 0.15) is 55.1 Å². The molecule has 8 heteroatoms. The molecular formula is C21H25N7O. The molecule has 0 saturated carbocycles. The normalized spacial score (nSPS) is 20.3. The van der Waals surface area contributed by atoms with Crippen LogP contribution in [0.25, 0.3) is 11.4 Å². The van der Waals surface area contributed by atoms with E-state index < -0.39 is 0 Å². The van der Waals surface area contributed by atoms with E-state index in [0.29, 0.717) is 17.6 Å². The Hall–Kier alpha value is -2.87. The molecule has 29 heavy (non-hydrogen) atoms. The number of rotatable bonds is 4. The molecule has 0 bridgehead atoms.